The van der Waals surface area contributed by atoms with Crippen molar-refractivity contribution in [2.75, 3.05) is 0 Å². The van der Waals surface area contributed by atoms with Crippen molar-refractivity contribution in [2.45, 2.75) is 19.8 Å². The van der Waals surface area contributed by atoms with Crippen molar-refractivity contribution in [3.8, 4) is 0 Å². The lowest BCUT2D eigenvalue weighted by atomic mass is 10.3. The lowest BCUT2D eigenvalue weighted by Gasteiger charge is -1.96. The number of nitrogens with zero attached hydrogens (tertiary/aromatic N) is 2. The molecule has 72 valence electrons. The molecule has 0 unspecified atom stereocenters. The second-order valence-corrected chi connectivity index (χ2v) is 3.22. The highest BCUT2D eigenvalue weighted by Crippen LogP contribution is 2.07. The summed E-state index contributed by atoms with van der Waals surface area (Å²) in [5.74, 6) is 1.20. The lowest BCUT2D eigenvalue weighted by Crippen LogP contribution is -2.31. The number of hydrogen-bond donors (Lipinski definition) is 1. The van der Waals surface area contributed by atoms with Gasteiger partial charge in [0.15, 0.2) is 0 Å². The Morgan fingerprint density at radius 2 is 2.38 bits per heavy atom. The van der Waals surface area contributed by atoms with Crippen LogP contribution in [0.5, 0.6) is 0 Å². The van der Waals surface area contributed by atoms with Crippen LogP contribution in [-0.2, 0) is 14.1 Å². The van der Waals surface area contributed by atoms with E-state index in [4.69, 9.17) is 0 Å². The molecule has 1 aromatic heterocycles. The third-order valence-corrected chi connectivity index (χ3v) is 2.04. The van der Waals surface area contributed by atoms with Crippen LogP contribution in [0.2, 0.25) is 0 Å². The fourth-order valence-electron chi connectivity index (χ4n) is 1.32. The number of imidazole rings is 1. The number of unbranched alkanes of at least 4 members (excludes halogenated alkanes) is 1. The highest BCUT2D eigenvalue weighted by Gasteiger charge is 2.15. The van der Waals surface area contributed by atoms with E-state index in [1.807, 2.05) is 41.7 Å². The minimum absolute atomic E-state index is 0.358. The molecular formula is C10H17N2O+. The summed E-state index contributed by atoms with van der Waals surface area (Å²) in [5.41, 5.74) is 0. The van der Waals surface area contributed by atoms with Crippen molar-refractivity contribution < 1.29 is 9.67 Å². The summed E-state index contributed by atoms with van der Waals surface area (Å²) in [5, 5.41) is 9.72. The monoisotopic (exact) mass is 181 g/mol. The van der Waals surface area contributed by atoms with Gasteiger partial charge in [0.05, 0.1) is 14.1 Å². The van der Waals surface area contributed by atoms with Crippen molar-refractivity contribution in [1.29, 1.82) is 0 Å². The van der Waals surface area contributed by atoms with Gasteiger partial charge in [0.2, 0.25) is 5.76 Å². The van der Waals surface area contributed by atoms with Gasteiger partial charge in [0.1, 0.15) is 12.4 Å². The zero-order valence-electron chi connectivity index (χ0n) is 8.49. The Bertz CT molecular complexity index is 293. The summed E-state index contributed by atoms with van der Waals surface area (Å²) in [4.78, 5) is 0. The molecule has 0 radical (unpaired) electrons. The van der Waals surface area contributed by atoms with Gasteiger partial charge in [-0.05, 0) is 12.5 Å². The molecular weight excluding hydrogens is 164 g/mol. The Hall–Kier alpha value is -1.25. The van der Waals surface area contributed by atoms with Gasteiger partial charge < -0.3 is 5.11 Å². The molecule has 0 fully saturated rings. The lowest BCUT2D eigenvalue weighted by molar-refractivity contribution is -0.674. The van der Waals surface area contributed by atoms with Crippen LogP contribution in [0, 0.1) is 0 Å². The first-order valence-corrected chi connectivity index (χ1v) is 4.57. The summed E-state index contributed by atoms with van der Waals surface area (Å²) in [6.07, 6.45) is 7.67. The molecule has 0 aliphatic carbocycles. The second-order valence-electron chi connectivity index (χ2n) is 3.22. The van der Waals surface area contributed by atoms with Crippen LogP contribution in [0.25, 0.3) is 5.76 Å². The van der Waals surface area contributed by atoms with Gasteiger partial charge in [-0.3, -0.25) is 0 Å². The first kappa shape index (κ1) is 9.84. The molecule has 0 saturated heterocycles. The molecule has 0 spiro atoms. The van der Waals surface area contributed by atoms with Crippen LogP contribution in [0.15, 0.2) is 18.5 Å². The Morgan fingerprint density at radius 1 is 1.69 bits per heavy atom. The van der Waals surface area contributed by atoms with E-state index in [1.165, 1.54) is 0 Å². The van der Waals surface area contributed by atoms with Crippen LogP contribution in [0.4, 0.5) is 0 Å². The minimum Gasteiger partial charge on any atom is -0.501 e. The van der Waals surface area contributed by atoms with Crippen LogP contribution >= 0.6 is 0 Å². The van der Waals surface area contributed by atoms with Crippen molar-refractivity contribution in [3.05, 3.63) is 24.3 Å². The van der Waals surface area contributed by atoms with Gasteiger partial charge in [0.25, 0.3) is 0 Å². The molecule has 1 heterocycles. The fraction of sp³-hybridized carbons (Fsp3) is 0.500. The van der Waals surface area contributed by atoms with Gasteiger partial charge in [-0.1, -0.05) is 13.3 Å². The summed E-state index contributed by atoms with van der Waals surface area (Å²) >= 11 is 0. The van der Waals surface area contributed by atoms with Gasteiger partial charge in [0, 0.05) is 0 Å². The molecule has 1 aromatic rings. The van der Waals surface area contributed by atoms with Crippen LogP contribution in [0.3, 0.4) is 0 Å². The maximum absolute atomic E-state index is 9.72. The standard InChI is InChI=1S/C10H16N2O/c1-4-5-6-9(13)10-11(2)7-8-12(10)3/h6-8H,4-5H2,1-3H3/p+1/b9-6+. The van der Waals surface area contributed by atoms with Gasteiger partial charge in [-0.25, -0.2) is 9.13 Å². The van der Waals surface area contributed by atoms with Crippen molar-refractivity contribution >= 4 is 5.76 Å². The molecule has 13 heavy (non-hydrogen) atoms. The minimum atomic E-state index is 0.358. The van der Waals surface area contributed by atoms with E-state index >= 15 is 0 Å². The van der Waals surface area contributed by atoms with Crippen LogP contribution in [-0.4, -0.2) is 9.67 Å². The van der Waals surface area contributed by atoms with Crippen LogP contribution in [0.1, 0.15) is 25.6 Å². The predicted octanol–water partition coefficient (Wildman–Crippen LogP) is 1.55. The molecule has 3 nitrogen and oxygen atoms in total. The molecule has 0 aliphatic rings. The molecule has 0 saturated carbocycles. The quantitative estimate of drug-likeness (QED) is 0.556. The van der Waals surface area contributed by atoms with E-state index in [2.05, 4.69) is 6.92 Å². The number of allylic oxidation sites excluding steroid dienone is 1. The molecule has 1 N–H and O–H groups in total. The Balaban J connectivity index is 2.93. The smallest absolute Gasteiger partial charge is 0.323 e. The Kier molecular flexibility index (Phi) is 3.12. The second kappa shape index (κ2) is 4.12. The predicted molar refractivity (Wildman–Crippen MR) is 52.1 cm³/mol. The number of aliphatic hydroxyl groups is 1. The SMILES string of the molecule is CCC/C=C(/O)c1n(C)cc[n+]1C. The van der Waals surface area contributed by atoms with E-state index in [0.717, 1.165) is 18.7 Å². The normalized spacial score (nSPS) is 12.1. The van der Waals surface area contributed by atoms with E-state index < -0.39 is 0 Å². The number of hydrogen-bond acceptors (Lipinski definition) is 1. The maximum Gasteiger partial charge on any atom is 0.323 e. The number of aryl methyl sites for hydroxylation is 2. The zero-order valence-corrected chi connectivity index (χ0v) is 8.49. The van der Waals surface area contributed by atoms with Gasteiger partial charge >= 0.3 is 5.82 Å². The summed E-state index contributed by atoms with van der Waals surface area (Å²) in [6.45, 7) is 2.09. The summed E-state index contributed by atoms with van der Waals surface area (Å²) in [7, 11) is 3.84. The average Bonchev–Trinajstić information content (AvgIpc) is 2.42. The number of aromatic nitrogens is 2. The number of rotatable bonds is 3. The molecule has 0 amide bonds. The Morgan fingerprint density at radius 3 is 2.85 bits per heavy atom. The zero-order chi connectivity index (χ0) is 9.84. The van der Waals surface area contributed by atoms with Crippen LogP contribution < -0.4 is 4.57 Å². The molecule has 1 rings (SSSR count). The highest BCUT2D eigenvalue weighted by atomic mass is 16.3. The topological polar surface area (TPSA) is 29.0 Å². The van der Waals surface area contributed by atoms with E-state index in [0.29, 0.717) is 5.76 Å². The van der Waals surface area contributed by atoms with E-state index in [9.17, 15) is 5.11 Å². The first-order chi connectivity index (χ1) is 6.16. The maximum atomic E-state index is 9.72. The summed E-state index contributed by atoms with van der Waals surface area (Å²) in [6, 6.07) is 0. The van der Waals surface area contributed by atoms with Gasteiger partial charge in [-0.15, -0.1) is 0 Å². The molecule has 0 aromatic carbocycles. The van der Waals surface area contributed by atoms with Crippen molar-refractivity contribution in [3.63, 3.8) is 0 Å². The highest BCUT2D eigenvalue weighted by molar-refractivity contribution is 5.48. The molecule has 3 heteroatoms. The first-order valence-electron chi connectivity index (χ1n) is 4.57. The molecule has 0 atom stereocenters. The van der Waals surface area contributed by atoms with E-state index in [-0.39, 0.29) is 0 Å². The average molecular weight is 181 g/mol. The third kappa shape index (κ3) is 2.11. The summed E-state index contributed by atoms with van der Waals surface area (Å²) < 4.78 is 3.81. The van der Waals surface area contributed by atoms with Crippen molar-refractivity contribution in [1.82, 2.24) is 4.57 Å². The molecule has 0 aliphatic heterocycles. The third-order valence-electron chi connectivity index (χ3n) is 2.04. The number of aliphatic hydroxyl groups excluding tert-OH is 1. The van der Waals surface area contributed by atoms with E-state index in [1.54, 1.807) is 0 Å². The Labute approximate surface area is 78.9 Å². The fourth-order valence-corrected chi connectivity index (χ4v) is 1.32. The molecule has 0 bridgehead atoms. The van der Waals surface area contributed by atoms with Crippen molar-refractivity contribution in [2.24, 2.45) is 14.1 Å². The largest absolute Gasteiger partial charge is 0.501 e. The van der Waals surface area contributed by atoms with Gasteiger partial charge in [-0.2, -0.15) is 0 Å².